The zero-order chi connectivity index (χ0) is 22.6. The van der Waals surface area contributed by atoms with Crippen molar-refractivity contribution in [3.63, 3.8) is 0 Å². The summed E-state index contributed by atoms with van der Waals surface area (Å²) in [6.45, 7) is 0.413. The highest BCUT2D eigenvalue weighted by Gasteiger charge is 2.17. The summed E-state index contributed by atoms with van der Waals surface area (Å²) < 4.78 is 18.7. The number of non-ortho nitro benzene ring substituents is 1. The minimum Gasteiger partial charge on any atom is -0.485 e. The normalized spacial score (nSPS) is 12.0. The zero-order valence-corrected chi connectivity index (χ0v) is 18.1. The van der Waals surface area contributed by atoms with E-state index >= 15 is 0 Å². The number of aromatic nitrogens is 3. The summed E-state index contributed by atoms with van der Waals surface area (Å²) in [6.07, 6.45) is 0. The van der Waals surface area contributed by atoms with E-state index in [1.165, 1.54) is 23.9 Å². The van der Waals surface area contributed by atoms with Gasteiger partial charge in [-0.2, -0.15) is 0 Å². The number of fused-ring (bicyclic) bond motifs is 1. The highest BCUT2D eigenvalue weighted by Crippen LogP contribution is 2.35. The number of benzene rings is 3. The first-order chi connectivity index (χ1) is 16.2. The average Bonchev–Trinajstić information content (AvgIpc) is 3.48. The smallest absolute Gasteiger partial charge is 0.269 e. The number of rotatable bonds is 8. The monoisotopic (exact) mass is 462 g/mol. The molecule has 0 bridgehead atoms. The Bertz CT molecular complexity index is 1280. The minimum absolute atomic E-state index is 0.0687. The Labute approximate surface area is 193 Å². The first-order valence-electron chi connectivity index (χ1n) is 10.1. The second-order valence-corrected chi connectivity index (χ2v) is 8.03. The van der Waals surface area contributed by atoms with Crippen LogP contribution < -0.4 is 14.2 Å². The molecule has 0 fully saturated rings. The van der Waals surface area contributed by atoms with Crippen LogP contribution in [0.3, 0.4) is 0 Å². The molecule has 1 aromatic heterocycles. The van der Waals surface area contributed by atoms with E-state index in [2.05, 4.69) is 10.2 Å². The molecule has 1 aliphatic rings. The van der Waals surface area contributed by atoms with Crippen molar-refractivity contribution in [1.29, 1.82) is 0 Å². The van der Waals surface area contributed by atoms with E-state index in [4.69, 9.17) is 14.2 Å². The first kappa shape index (κ1) is 20.8. The number of nitro benzene ring substituents is 1. The lowest BCUT2D eigenvalue weighted by molar-refractivity contribution is -0.384. The Hall–Kier alpha value is -4.05. The molecular formula is C23H18N4O5S. The van der Waals surface area contributed by atoms with Crippen molar-refractivity contribution < 1.29 is 19.1 Å². The summed E-state index contributed by atoms with van der Waals surface area (Å²) in [6, 6.07) is 21.7. The van der Waals surface area contributed by atoms with Crippen LogP contribution >= 0.6 is 11.8 Å². The van der Waals surface area contributed by atoms with Crippen LogP contribution in [0.15, 0.2) is 78.0 Å². The van der Waals surface area contributed by atoms with E-state index in [0.717, 1.165) is 11.3 Å². The fourth-order valence-electron chi connectivity index (χ4n) is 3.30. The lowest BCUT2D eigenvalue weighted by atomic mass is 10.2. The second kappa shape index (κ2) is 9.21. The van der Waals surface area contributed by atoms with Gasteiger partial charge >= 0.3 is 0 Å². The molecule has 0 amide bonds. The average molecular weight is 462 g/mol. The van der Waals surface area contributed by atoms with E-state index in [1.807, 2.05) is 47.0 Å². The van der Waals surface area contributed by atoms with Gasteiger partial charge in [0.1, 0.15) is 12.4 Å². The largest absolute Gasteiger partial charge is 0.485 e. The maximum absolute atomic E-state index is 10.9. The molecule has 3 aromatic carbocycles. The SMILES string of the molecule is O=[N+]([O-])c1ccc(CSc2nnc(COc3ccc4c(c3)OCO4)n2-c2ccccc2)cc1. The Morgan fingerprint density at radius 1 is 1.00 bits per heavy atom. The van der Waals surface area contributed by atoms with Gasteiger partial charge in [0.15, 0.2) is 22.5 Å². The van der Waals surface area contributed by atoms with Crippen LogP contribution in [0.5, 0.6) is 17.2 Å². The summed E-state index contributed by atoms with van der Waals surface area (Å²) >= 11 is 1.50. The molecule has 9 nitrogen and oxygen atoms in total. The summed E-state index contributed by atoms with van der Waals surface area (Å²) in [5.41, 5.74) is 1.93. The van der Waals surface area contributed by atoms with Crippen LogP contribution in [0.2, 0.25) is 0 Å². The Balaban J connectivity index is 1.35. The quantitative estimate of drug-likeness (QED) is 0.210. The van der Waals surface area contributed by atoms with Gasteiger partial charge in [-0.3, -0.25) is 14.7 Å². The molecular weight excluding hydrogens is 444 g/mol. The van der Waals surface area contributed by atoms with Crippen molar-refractivity contribution in [2.75, 3.05) is 6.79 Å². The van der Waals surface area contributed by atoms with Crippen LogP contribution in [-0.4, -0.2) is 26.5 Å². The van der Waals surface area contributed by atoms with Crippen molar-refractivity contribution >= 4 is 17.4 Å². The van der Waals surface area contributed by atoms with Crippen LogP contribution in [0.1, 0.15) is 11.4 Å². The zero-order valence-electron chi connectivity index (χ0n) is 17.3. The molecule has 0 saturated heterocycles. The van der Waals surface area contributed by atoms with Crippen LogP contribution in [0.25, 0.3) is 5.69 Å². The minimum atomic E-state index is -0.407. The highest BCUT2D eigenvalue weighted by molar-refractivity contribution is 7.98. The van der Waals surface area contributed by atoms with Gasteiger partial charge in [0.05, 0.1) is 4.92 Å². The summed E-state index contributed by atoms with van der Waals surface area (Å²) in [5.74, 6) is 3.22. The Morgan fingerprint density at radius 2 is 1.79 bits per heavy atom. The standard InChI is InChI=1S/C23H18N4O5S/c28-27(29)18-8-6-16(7-9-18)14-33-23-25-24-22(26(23)17-4-2-1-3-5-17)13-30-19-10-11-20-21(12-19)32-15-31-20/h1-12H,13-15H2. The summed E-state index contributed by atoms with van der Waals surface area (Å²) in [5, 5.41) is 20.3. The van der Waals surface area contributed by atoms with Gasteiger partial charge in [0, 0.05) is 29.6 Å². The molecule has 2 heterocycles. The fraction of sp³-hybridized carbons (Fsp3) is 0.130. The third-order valence-electron chi connectivity index (χ3n) is 4.94. The lowest BCUT2D eigenvalue weighted by Gasteiger charge is -2.11. The van der Waals surface area contributed by atoms with Gasteiger partial charge < -0.3 is 14.2 Å². The predicted octanol–water partition coefficient (Wildman–Crippen LogP) is 4.78. The highest BCUT2D eigenvalue weighted by atomic mass is 32.2. The number of ether oxygens (including phenoxy) is 3. The predicted molar refractivity (Wildman–Crippen MR) is 121 cm³/mol. The molecule has 0 aliphatic carbocycles. The van der Waals surface area contributed by atoms with Crippen molar-refractivity contribution in [2.24, 2.45) is 0 Å². The molecule has 5 rings (SSSR count). The second-order valence-electron chi connectivity index (χ2n) is 7.09. The molecule has 4 aromatic rings. The summed E-state index contributed by atoms with van der Waals surface area (Å²) in [4.78, 5) is 10.5. The van der Waals surface area contributed by atoms with E-state index in [9.17, 15) is 10.1 Å². The maximum atomic E-state index is 10.9. The first-order valence-corrected chi connectivity index (χ1v) is 11.0. The third kappa shape index (κ3) is 4.60. The third-order valence-corrected chi connectivity index (χ3v) is 5.94. The lowest BCUT2D eigenvalue weighted by Crippen LogP contribution is -2.06. The number of nitro groups is 1. The van der Waals surface area contributed by atoms with Crippen molar-refractivity contribution in [1.82, 2.24) is 14.8 Å². The molecule has 166 valence electrons. The molecule has 0 saturated carbocycles. The maximum Gasteiger partial charge on any atom is 0.269 e. The number of hydrogen-bond donors (Lipinski definition) is 0. The van der Waals surface area contributed by atoms with Gasteiger partial charge in [0.2, 0.25) is 6.79 Å². The molecule has 0 atom stereocenters. The van der Waals surface area contributed by atoms with Gasteiger partial charge in [0.25, 0.3) is 5.69 Å². The van der Waals surface area contributed by atoms with Gasteiger partial charge in [-0.15, -0.1) is 10.2 Å². The molecule has 0 unspecified atom stereocenters. The van der Waals surface area contributed by atoms with Gasteiger partial charge in [-0.1, -0.05) is 42.1 Å². The van der Waals surface area contributed by atoms with E-state index in [-0.39, 0.29) is 19.1 Å². The Kier molecular flexibility index (Phi) is 5.81. The van der Waals surface area contributed by atoms with Crippen LogP contribution in [0, 0.1) is 10.1 Å². The molecule has 0 spiro atoms. The Morgan fingerprint density at radius 3 is 2.58 bits per heavy atom. The molecule has 10 heteroatoms. The summed E-state index contributed by atoms with van der Waals surface area (Å²) in [7, 11) is 0. The van der Waals surface area contributed by atoms with Crippen LogP contribution in [0.4, 0.5) is 5.69 Å². The van der Waals surface area contributed by atoms with E-state index in [0.29, 0.717) is 34.0 Å². The fourth-order valence-corrected chi connectivity index (χ4v) is 4.23. The number of para-hydroxylation sites is 1. The number of thioether (sulfide) groups is 1. The van der Waals surface area contributed by atoms with Crippen LogP contribution in [-0.2, 0) is 12.4 Å². The van der Waals surface area contributed by atoms with Crippen molar-refractivity contribution in [3.8, 4) is 22.9 Å². The number of hydrogen-bond acceptors (Lipinski definition) is 8. The van der Waals surface area contributed by atoms with Crippen molar-refractivity contribution in [2.45, 2.75) is 17.5 Å². The molecule has 0 N–H and O–H groups in total. The molecule has 1 aliphatic heterocycles. The van der Waals surface area contributed by atoms with E-state index in [1.54, 1.807) is 18.2 Å². The molecule has 33 heavy (non-hydrogen) atoms. The molecule has 0 radical (unpaired) electrons. The van der Waals surface area contributed by atoms with E-state index < -0.39 is 4.92 Å². The topological polar surface area (TPSA) is 102 Å². The number of nitrogens with zero attached hydrogens (tertiary/aromatic N) is 4. The van der Waals surface area contributed by atoms with Gasteiger partial charge in [-0.05, 0) is 29.8 Å². The van der Waals surface area contributed by atoms with Gasteiger partial charge in [-0.25, -0.2) is 0 Å². The van der Waals surface area contributed by atoms with Crippen molar-refractivity contribution in [3.05, 3.63) is 94.3 Å².